The first kappa shape index (κ1) is 13.1. The zero-order chi connectivity index (χ0) is 12.1. The minimum atomic E-state index is 0.712. The molecule has 1 unspecified atom stereocenters. The Balaban J connectivity index is 1.85. The highest BCUT2D eigenvalue weighted by Gasteiger charge is 2.16. The Morgan fingerprint density at radius 2 is 2.35 bits per heavy atom. The van der Waals surface area contributed by atoms with Crippen LogP contribution in [0.15, 0.2) is 11.4 Å². The molecule has 3 heteroatoms. The molecule has 2 nitrogen and oxygen atoms in total. The number of nitrogens with one attached hydrogen (secondary N) is 1. The van der Waals surface area contributed by atoms with Crippen molar-refractivity contribution in [1.82, 2.24) is 10.2 Å². The van der Waals surface area contributed by atoms with Crippen molar-refractivity contribution in [2.24, 2.45) is 0 Å². The molecular weight excluding hydrogens is 228 g/mol. The molecule has 1 aromatic rings. The summed E-state index contributed by atoms with van der Waals surface area (Å²) in [5.41, 5.74) is 1.45. The Morgan fingerprint density at radius 3 is 2.94 bits per heavy atom. The molecule has 1 aliphatic heterocycles. The molecule has 0 bridgehead atoms. The van der Waals surface area contributed by atoms with Gasteiger partial charge in [-0.2, -0.15) is 0 Å². The lowest BCUT2D eigenvalue weighted by atomic mass is 10.0. The van der Waals surface area contributed by atoms with Gasteiger partial charge in [-0.25, -0.2) is 0 Å². The van der Waals surface area contributed by atoms with Gasteiger partial charge < -0.3 is 5.32 Å². The van der Waals surface area contributed by atoms with Gasteiger partial charge in [0.05, 0.1) is 0 Å². The Kier molecular flexibility index (Phi) is 5.01. The van der Waals surface area contributed by atoms with Gasteiger partial charge in [-0.3, -0.25) is 4.90 Å². The van der Waals surface area contributed by atoms with Gasteiger partial charge >= 0.3 is 0 Å². The number of hydrogen-bond acceptors (Lipinski definition) is 3. The number of rotatable bonds is 5. The molecule has 0 aromatic carbocycles. The molecule has 1 fully saturated rings. The van der Waals surface area contributed by atoms with E-state index >= 15 is 0 Å². The first-order valence-corrected chi connectivity index (χ1v) is 7.66. The fourth-order valence-corrected chi connectivity index (χ4v) is 3.41. The predicted molar refractivity (Wildman–Crippen MR) is 75.6 cm³/mol. The van der Waals surface area contributed by atoms with E-state index in [2.05, 4.69) is 35.5 Å². The standard InChI is InChI=1S/C14H24N2S/c1-3-16(10-13-6-4-5-8-15-13)11-14-12(2)7-9-17-14/h7,9,13,15H,3-6,8,10-11H2,1-2H3. The molecule has 0 radical (unpaired) electrons. The van der Waals surface area contributed by atoms with E-state index in [0.717, 1.165) is 13.1 Å². The third-order valence-electron chi connectivity index (χ3n) is 3.67. The molecule has 0 amide bonds. The molecule has 96 valence electrons. The number of nitrogens with zero attached hydrogens (tertiary/aromatic N) is 1. The number of thiophene rings is 1. The fourth-order valence-electron chi connectivity index (χ4n) is 2.47. The Hall–Kier alpha value is -0.380. The second kappa shape index (κ2) is 6.53. The van der Waals surface area contributed by atoms with Gasteiger partial charge in [-0.1, -0.05) is 13.3 Å². The number of likely N-dealkylation sites (N-methyl/N-ethyl adjacent to an activating group) is 1. The maximum absolute atomic E-state index is 3.64. The zero-order valence-electron chi connectivity index (χ0n) is 11.0. The summed E-state index contributed by atoms with van der Waals surface area (Å²) in [5.74, 6) is 0. The summed E-state index contributed by atoms with van der Waals surface area (Å²) in [4.78, 5) is 4.10. The number of piperidine rings is 1. The van der Waals surface area contributed by atoms with Crippen LogP contribution < -0.4 is 5.32 Å². The van der Waals surface area contributed by atoms with Gasteiger partial charge in [0.15, 0.2) is 0 Å². The van der Waals surface area contributed by atoms with Crippen molar-refractivity contribution in [3.05, 3.63) is 21.9 Å². The minimum Gasteiger partial charge on any atom is -0.313 e. The smallest absolute Gasteiger partial charge is 0.0331 e. The quantitative estimate of drug-likeness (QED) is 0.866. The van der Waals surface area contributed by atoms with Gasteiger partial charge in [0.2, 0.25) is 0 Å². The van der Waals surface area contributed by atoms with E-state index in [1.165, 1.54) is 42.8 Å². The lowest BCUT2D eigenvalue weighted by Crippen LogP contribution is -2.43. The van der Waals surface area contributed by atoms with Crippen molar-refractivity contribution in [3.63, 3.8) is 0 Å². The molecule has 1 aromatic heterocycles. The normalized spacial score (nSPS) is 21.0. The summed E-state index contributed by atoms with van der Waals surface area (Å²) in [6.07, 6.45) is 4.10. The summed E-state index contributed by atoms with van der Waals surface area (Å²) in [7, 11) is 0. The summed E-state index contributed by atoms with van der Waals surface area (Å²) in [6.45, 7) is 9.17. The van der Waals surface area contributed by atoms with Crippen LogP contribution >= 0.6 is 11.3 Å². The number of aryl methyl sites for hydroxylation is 1. The molecule has 1 N–H and O–H groups in total. The maximum Gasteiger partial charge on any atom is 0.0331 e. The van der Waals surface area contributed by atoms with E-state index in [-0.39, 0.29) is 0 Å². The lowest BCUT2D eigenvalue weighted by Gasteiger charge is -2.29. The van der Waals surface area contributed by atoms with Crippen molar-refractivity contribution in [1.29, 1.82) is 0 Å². The summed E-state index contributed by atoms with van der Waals surface area (Å²) in [5, 5.41) is 5.85. The molecule has 2 rings (SSSR count). The third-order valence-corrected chi connectivity index (χ3v) is 4.68. The zero-order valence-corrected chi connectivity index (χ0v) is 11.9. The van der Waals surface area contributed by atoms with Crippen LogP contribution in [-0.4, -0.2) is 30.6 Å². The molecule has 2 heterocycles. The Bertz CT molecular complexity index is 329. The topological polar surface area (TPSA) is 15.3 Å². The van der Waals surface area contributed by atoms with Gasteiger partial charge in [-0.15, -0.1) is 11.3 Å². The van der Waals surface area contributed by atoms with Crippen molar-refractivity contribution < 1.29 is 0 Å². The average molecular weight is 252 g/mol. The van der Waals surface area contributed by atoms with E-state index in [4.69, 9.17) is 0 Å². The van der Waals surface area contributed by atoms with Crippen LogP contribution in [0.2, 0.25) is 0 Å². The number of hydrogen-bond donors (Lipinski definition) is 1. The van der Waals surface area contributed by atoms with E-state index in [1.807, 2.05) is 11.3 Å². The van der Waals surface area contributed by atoms with Gasteiger partial charge in [-0.05, 0) is 49.9 Å². The van der Waals surface area contributed by atoms with E-state index in [9.17, 15) is 0 Å². The van der Waals surface area contributed by atoms with Gasteiger partial charge in [0.25, 0.3) is 0 Å². The lowest BCUT2D eigenvalue weighted by molar-refractivity contribution is 0.227. The van der Waals surface area contributed by atoms with E-state index in [0.29, 0.717) is 6.04 Å². The van der Waals surface area contributed by atoms with Gasteiger partial charge in [0.1, 0.15) is 0 Å². The van der Waals surface area contributed by atoms with E-state index < -0.39 is 0 Å². The molecular formula is C14H24N2S. The molecule has 17 heavy (non-hydrogen) atoms. The molecule has 0 spiro atoms. The van der Waals surface area contributed by atoms with Crippen LogP contribution in [0.4, 0.5) is 0 Å². The molecule has 1 atom stereocenters. The van der Waals surface area contributed by atoms with Crippen molar-refractivity contribution in [2.45, 2.75) is 45.7 Å². The average Bonchev–Trinajstić information content (AvgIpc) is 2.75. The SMILES string of the molecule is CCN(Cc1sccc1C)CC1CCCCN1. The maximum atomic E-state index is 3.64. The Morgan fingerprint density at radius 1 is 1.47 bits per heavy atom. The highest BCUT2D eigenvalue weighted by Crippen LogP contribution is 2.18. The third kappa shape index (κ3) is 3.80. The van der Waals surface area contributed by atoms with Gasteiger partial charge in [0, 0.05) is 24.0 Å². The Labute approximate surface area is 109 Å². The first-order valence-electron chi connectivity index (χ1n) is 6.78. The van der Waals surface area contributed by atoms with E-state index in [1.54, 1.807) is 0 Å². The summed E-state index contributed by atoms with van der Waals surface area (Å²) < 4.78 is 0. The fraction of sp³-hybridized carbons (Fsp3) is 0.714. The predicted octanol–water partition coefficient (Wildman–Crippen LogP) is 3.02. The van der Waals surface area contributed by atoms with Crippen molar-refractivity contribution >= 4 is 11.3 Å². The van der Waals surface area contributed by atoms with Crippen molar-refractivity contribution in [3.8, 4) is 0 Å². The van der Waals surface area contributed by atoms with Crippen molar-refractivity contribution in [2.75, 3.05) is 19.6 Å². The molecule has 1 saturated heterocycles. The van der Waals surface area contributed by atoms with Crippen LogP contribution in [0.1, 0.15) is 36.6 Å². The second-order valence-electron chi connectivity index (χ2n) is 5.00. The van der Waals surface area contributed by atoms with Crippen LogP contribution in [-0.2, 0) is 6.54 Å². The summed E-state index contributed by atoms with van der Waals surface area (Å²) in [6, 6.07) is 2.94. The first-order chi connectivity index (χ1) is 8.29. The monoisotopic (exact) mass is 252 g/mol. The van der Waals surface area contributed by atoms with Crippen LogP contribution in [0, 0.1) is 6.92 Å². The summed E-state index contributed by atoms with van der Waals surface area (Å²) >= 11 is 1.89. The second-order valence-corrected chi connectivity index (χ2v) is 6.00. The van der Waals surface area contributed by atoms with Crippen LogP contribution in [0.25, 0.3) is 0 Å². The molecule has 1 aliphatic rings. The largest absolute Gasteiger partial charge is 0.313 e. The minimum absolute atomic E-state index is 0.712. The van der Waals surface area contributed by atoms with Crippen LogP contribution in [0.3, 0.4) is 0 Å². The molecule has 0 aliphatic carbocycles. The van der Waals surface area contributed by atoms with Crippen LogP contribution in [0.5, 0.6) is 0 Å². The highest BCUT2D eigenvalue weighted by atomic mass is 32.1. The molecule has 0 saturated carbocycles. The highest BCUT2D eigenvalue weighted by molar-refractivity contribution is 7.10.